The number of nitrogens with zero attached hydrogens (tertiary/aromatic N) is 1. The van der Waals surface area contributed by atoms with Gasteiger partial charge in [0.1, 0.15) is 0 Å². The maximum atomic E-state index is 11.9. The molecule has 1 saturated carbocycles. The molecule has 1 fully saturated rings. The van der Waals surface area contributed by atoms with Gasteiger partial charge in [0.15, 0.2) is 0 Å². The Labute approximate surface area is 97.3 Å². The Bertz CT molecular complexity index is 205. The SMILES string of the molecule is COCCN(CCN)C(=O)NC1CCCC1. The second-order valence-corrected chi connectivity index (χ2v) is 4.20. The van der Waals surface area contributed by atoms with Crippen LogP contribution in [0.15, 0.2) is 0 Å². The summed E-state index contributed by atoms with van der Waals surface area (Å²) < 4.78 is 4.98. The van der Waals surface area contributed by atoms with Crippen molar-refractivity contribution >= 4 is 6.03 Å². The van der Waals surface area contributed by atoms with Crippen molar-refractivity contribution in [3.63, 3.8) is 0 Å². The lowest BCUT2D eigenvalue weighted by Gasteiger charge is -2.24. The Morgan fingerprint density at radius 1 is 1.44 bits per heavy atom. The van der Waals surface area contributed by atoms with Crippen molar-refractivity contribution in [2.75, 3.05) is 33.4 Å². The Morgan fingerprint density at radius 3 is 2.69 bits per heavy atom. The van der Waals surface area contributed by atoms with Crippen LogP contribution in [-0.2, 0) is 4.74 Å². The van der Waals surface area contributed by atoms with Crippen LogP contribution in [-0.4, -0.2) is 50.3 Å². The topological polar surface area (TPSA) is 67.6 Å². The smallest absolute Gasteiger partial charge is 0.317 e. The normalized spacial score (nSPS) is 16.4. The molecule has 1 aliphatic rings. The van der Waals surface area contributed by atoms with Crippen LogP contribution >= 0.6 is 0 Å². The predicted octanol–water partition coefficient (Wildman–Crippen LogP) is 0.546. The van der Waals surface area contributed by atoms with Crippen LogP contribution in [0.4, 0.5) is 4.79 Å². The highest BCUT2D eigenvalue weighted by Crippen LogP contribution is 2.17. The first-order valence-electron chi connectivity index (χ1n) is 6.02. The number of nitrogens with one attached hydrogen (secondary N) is 1. The molecule has 0 aromatic carbocycles. The summed E-state index contributed by atoms with van der Waals surface area (Å²) in [5.74, 6) is 0. The third-order valence-corrected chi connectivity index (χ3v) is 2.93. The molecule has 5 heteroatoms. The van der Waals surface area contributed by atoms with Crippen LogP contribution in [0.2, 0.25) is 0 Å². The molecule has 0 spiro atoms. The molecule has 0 unspecified atom stereocenters. The first kappa shape index (κ1) is 13.3. The predicted molar refractivity (Wildman–Crippen MR) is 63.3 cm³/mol. The second-order valence-electron chi connectivity index (χ2n) is 4.20. The van der Waals surface area contributed by atoms with Gasteiger partial charge in [-0.1, -0.05) is 12.8 Å². The van der Waals surface area contributed by atoms with Gasteiger partial charge in [-0.15, -0.1) is 0 Å². The summed E-state index contributed by atoms with van der Waals surface area (Å²) in [6.07, 6.45) is 4.65. The molecule has 1 aliphatic carbocycles. The number of nitrogens with two attached hydrogens (primary N) is 1. The third-order valence-electron chi connectivity index (χ3n) is 2.93. The van der Waals surface area contributed by atoms with Gasteiger partial charge >= 0.3 is 6.03 Å². The van der Waals surface area contributed by atoms with Gasteiger partial charge in [-0.05, 0) is 12.8 Å². The average Bonchev–Trinajstić information content (AvgIpc) is 2.76. The molecule has 5 nitrogen and oxygen atoms in total. The number of rotatable bonds is 6. The van der Waals surface area contributed by atoms with Gasteiger partial charge in [-0.25, -0.2) is 4.79 Å². The lowest BCUT2D eigenvalue weighted by Crippen LogP contribution is -2.47. The van der Waals surface area contributed by atoms with E-state index >= 15 is 0 Å². The summed E-state index contributed by atoms with van der Waals surface area (Å²) in [5.41, 5.74) is 5.48. The first-order chi connectivity index (χ1) is 7.77. The van der Waals surface area contributed by atoms with E-state index in [0.29, 0.717) is 32.3 Å². The van der Waals surface area contributed by atoms with Crippen molar-refractivity contribution in [2.24, 2.45) is 5.73 Å². The van der Waals surface area contributed by atoms with Gasteiger partial charge in [0.05, 0.1) is 6.61 Å². The zero-order chi connectivity index (χ0) is 11.8. The van der Waals surface area contributed by atoms with E-state index in [1.807, 2.05) is 0 Å². The number of hydrogen-bond acceptors (Lipinski definition) is 3. The Hall–Kier alpha value is -0.810. The van der Waals surface area contributed by atoms with E-state index in [9.17, 15) is 4.79 Å². The van der Waals surface area contributed by atoms with E-state index in [-0.39, 0.29) is 6.03 Å². The first-order valence-corrected chi connectivity index (χ1v) is 6.02. The molecule has 0 bridgehead atoms. The third kappa shape index (κ3) is 4.37. The molecule has 0 aromatic rings. The van der Waals surface area contributed by atoms with Crippen molar-refractivity contribution < 1.29 is 9.53 Å². The molecule has 0 aliphatic heterocycles. The molecule has 94 valence electrons. The number of carbonyl (C=O) groups excluding carboxylic acids is 1. The summed E-state index contributed by atoms with van der Waals surface area (Å²) in [7, 11) is 1.63. The zero-order valence-electron chi connectivity index (χ0n) is 10.1. The quantitative estimate of drug-likeness (QED) is 0.699. The number of urea groups is 1. The van der Waals surface area contributed by atoms with E-state index in [0.717, 1.165) is 12.8 Å². The minimum atomic E-state index is -0.00519. The fraction of sp³-hybridized carbons (Fsp3) is 0.909. The van der Waals surface area contributed by atoms with Crippen LogP contribution < -0.4 is 11.1 Å². The number of carbonyl (C=O) groups is 1. The average molecular weight is 229 g/mol. The summed E-state index contributed by atoms with van der Waals surface area (Å²) in [5, 5.41) is 3.05. The van der Waals surface area contributed by atoms with Gasteiger partial charge in [-0.3, -0.25) is 0 Å². The van der Waals surface area contributed by atoms with Gasteiger partial charge in [0, 0.05) is 32.8 Å². The van der Waals surface area contributed by atoms with E-state index < -0.39 is 0 Å². The summed E-state index contributed by atoms with van der Waals surface area (Å²) in [6, 6.07) is 0.352. The van der Waals surface area contributed by atoms with E-state index in [2.05, 4.69) is 5.32 Å². The van der Waals surface area contributed by atoms with Crippen LogP contribution in [0.5, 0.6) is 0 Å². The molecule has 0 radical (unpaired) electrons. The van der Waals surface area contributed by atoms with Gasteiger partial charge in [-0.2, -0.15) is 0 Å². The molecular formula is C11H23N3O2. The van der Waals surface area contributed by atoms with Crippen LogP contribution in [0.3, 0.4) is 0 Å². The van der Waals surface area contributed by atoms with Crippen LogP contribution in [0, 0.1) is 0 Å². The minimum absolute atomic E-state index is 0.00519. The molecule has 16 heavy (non-hydrogen) atoms. The van der Waals surface area contributed by atoms with Crippen LogP contribution in [0.25, 0.3) is 0 Å². The number of ether oxygens (including phenoxy) is 1. The maximum Gasteiger partial charge on any atom is 0.317 e. The lowest BCUT2D eigenvalue weighted by atomic mass is 10.2. The number of hydrogen-bond donors (Lipinski definition) is 2. The Kier molecular flexibility index (Phi) is 6.18. The molecule has 0 heterocycles. The Morgan fingerprint density at radius 2 is 2.12 bits per heavy atom. The fourth-order valence-electron chi connectivity index (χ4n) is 2.01. The fourth-order valence-corrected chi connectivity index (χ4v) is 2.01. The van der Waals surface area contributed by atoms with Crippen molar-refractivity contribution in [2.45, 2.75) is 31.7 Å². The molecule has 3 N–H and O–H groups in total. The van der Waals surface area contributed by atoms with Crippen molar-refractivity contribution in [1.29, 1.82) is 0 Å². The van der Waals surface area contributed by atoms with Gasteiger partial charge < -0.3 is 20.7 Å². The summed E-state index contributed by atoms with van der Waals surface area (Å²) in [6.45, 7) is 2.23. The standard InChI is InChI=1S/C11H23N3O2/c1-16-9-8-14(7-6-12)11(15)13-10-4-2-3-5-10/h10H,2-9,12H2,1H3,(H,13,15). The zero-order valence-corrected chi connectivity index (χ0v) is 10.1. The van der Waals surface area contributed by atoms with E-state index in [4.69, 9.17) is 10.5 Å². The summed E-state index contributed by atoms with van der Waals surface area (Å²) >= 11 is 0. The van der Waals surface area contributed by atoms with Gasteiger partial charge in [0.25, 0.3) is 0 Å². The highest BCUT2D eigenvalue weighted by atomic mass is 16.5. The highest BCUT2D eigenvalue weighted by Gasteiger charge is 2.20. The highest BCUT2D eigenvalue weighted by molar-refractivity contribution is 5.74. The van der Waals surface area contributed by atoms with Crippen molar-refractivity contribution in [1.82, 2.24) is 10.2 Å². The summed E-state index contributed by atoms with van der Waals surface area (Å²) in [4.78, 5) is 13.6. The van der Waals surface area contributed by atoms with E-state index in [1.165, 1.54) is 12.8 Å². The van der Waals surface area contributed by atoms with Gasteiger partial charge in [0.2, 0.25) is 0 Å². The lowest BCUT2D eigenvalue weighted by molar-refractivity contribution is 0.149. The van der Waals surface area contributed by atoms with Crippen LogP contribution in [0.1, 0.15) is 25.7 Å². The Balaban J connectivity index is 2.32. The second kappa shape index (κ2) is 7.46. The molecule has 0 atom stereocenters. The largest absolute Gasteiger partial charge is 0.383 e. The molecular weight excluding hydrogens is 206 g/mol. The molecule has 0 saturated heterocycles. The minimum Gasteiger partial charge on any atom is -0.383 e. The van der Waals surface area contributed by atoms with E-state index in [1.54, 1.807) is 12.0 Å². The number of methoxy groups -OCH3 is 1. The van der Waals surface area contributed by atoms with Crippen molar-refractivity contribution in [3.05, 3.63) is 0 Å². The van der Waals surface area contributed by atoms with Crippen molar-refractivity contribution in [3.8, 4) is 0 Å². The molecule has 1 rings (SSSR count). The molecule has 0 aromatic heterocycles. The monoisotopic (exact) mass is 229 g/mol. The molecule has 2 amide bonds. The number of amides is 2. The maximum absolute atomic E-state index is 11.9.